The molecular formula is C16H27NO2. The molecule has 0 spiro atoms. The molecule has 4 unspecified atom stereocenters. The SMILES string of the molecule is C=C(CC)C1CCC2CC2C1NC(=O)OC(C)(C)C. The van der Waals surface area contributed by atoms with Gasteiger partial charge in [-0.05, 0) is 58.3 Å². The van der Waals surface area contributed by atoms with E-state index in [9.17, 15) is 4.79 Å². The first-order chi connectivity index (χ1) is 8.81. The maximum absolute atomic E-state index is 12.0. The molecule has 108 valence electrons. The quantitative estimate of drug-likeness (QED) is 0.786. The summed E-state index contributed by atoms with van der Waals surface area (Å²) in [5.74, 6) is 1.90. The first kappa shape index (κ1) is 14.4. The van der Waals surface area contributed by atoms with Gasteiger partial charge in [-0.1, -0.05) is 19.1 Å². The summed E-state index contributed by atoms with van der Waals surface area (Å²) >= 11 is 0. The molecule has 0 heterocycles. The summed E-state index contributed by atoms with van der Waals surface area (Å²) in [5.41, 5.74) is 0.838. The van der Waals surface area contributed by atoms with Gasteiger partial charge in [-0.2, -0.15) is 0 Å². The normalized spacial score (nSPS) is 33.3. The minimum Gasteiger partial charge on any atom is -0.444 e. The molecule has 4 atom stereocenters. The summed E-state index contributed by atoms with van der Waals surface area (Å²) in [6.07, 6.45) is 4.43. The van der Waals surface area contributed by atoms with Crippen LogP contribution >= 0.6 is 0 Å². The van der Waals surface area contributed by atoms with Crippen molar-refractivity contribution in [3.05, 3.63) is 12.2 Å². The minimum atomic E-state index is -0.432. The molecule has 2 rings (SSSR count). The van der Waals surface area contributed by atoms with Crippen LogP contribution in [0.5, 0.6) is 0 Å². The zero-order valence-corrected chi connectivity index (χ0v) is 12.7. The Labute approximate surface area is 116 Å². The molecule has 0 aromatic heterocycles. The van der Waals surface area contributed by atoms with Crippen molar-refractivity contribution in [3.63, 3.8) is 0 Å². The second kappa shape index (κ2) is 5.18. The standard InChI is InChI=1S/C16H27NO2/c1-6-10(2)12-8-7-11-9-13(11)14(12)17-15(18)19-16(3,4)5/h11-14H,2,6-9H2,1,3-5H3,(H,17,18). The van der Waals surface area contributed by atoms with Gasteiger partial charge in [0.05, 0.1) is 0 Å². The number of fused-ring (bicyclic) bond motifs is 1. The highest BCUT2D eigenvalue weighted by Gasteiger charge is 2.50. The highest BCUT2D eigenvalue weighted by atomic mass is 16.6. The molecule has 2 aliphatic rings. The lowest BCUT2D eigenvalue weighted by Gasteiger charge is -2.34. The fourth-order valence-electron chi connectivity index (χ4n) is 3.29. The average Bonchev–Trinajstić information content (AvgIpc) is 3.05. The Hall–Kier alpha value is -0.990. The molecule has 1 amide bonds. The molecule has 3 heteroatoms. The highest BCUT2D eigenvalue weighted by molar-refractivity contribution is 5.68. The van der Waals surface area contributed by atoms with E-state index in [1.54, 1.807) is 0 Å². The minimum absolute atomic E-state index is 0.237. The lowest BCUT2D eigenvalue weighted by atomic mass is 9.79. The molecule has 0 bridgehead atoms. The molecule has 1 N–H and O–H groups in total. The van der Waals surface area contributed by atoms with E-state index in [4.69, 9.17) is 4.74 Å². The van der Waals surface area contributed by atoms with Crippen LogP contribution in [0.4, 0.5) is 4.79 Å². The molecule has 2 fully saturated rings. The van der Waals surface area contributed by atoms with Gasteiger partial charge >= 0.3 is 6.09 Å². The Balaban J connectivity index is 1.99. The third-order valence-corrected chi connectivity index (χ3v) is 4.38. The lowest BCUT2D eigenvalue weighted by molar-refractivity contribution is 0.0470. The first-order valence-corrected chi connectivity index (χ1v) is 7.49. The van der Waals surface area contributed by atoms with Gasteiger partial charge in [0, 0.05) is 12.0 Å². The number of amides is 1. The largest absolute Gasteiger partial charge is 0.444 e. The van der Waals surface area contributed by atoms with E-state index in [1.807, 2.05) is 20.8 Å². The van der Waals surface area contributed by atoms with Crippen LogP contribution in [0.15, 0.2) is 12.2 Å². The van der Waals surface area contributed by atoms with Crippen molar-refractivity contribution in [3.8, 4) is 0 Å². The van der Waals surface area contributed by atoms with Crippen molar-refractivity contribution in [2.75, 3.05) is 0 Å². The van der Waals surface area contributed by atoms with Crippen LogP contribution in [0.2, 0.25) is 0 Å². The van der Waals surface area contributed by atoms with Gasteiger partial charge in [-0.15, -0.1) is 0 Å². The van der Waals surface area contributed by atoms with E-state index < -0.39 is 5.60 Å². The van der Waals surface area contributed by atoms with Crippen LogP contribution in [0, 0.1) is 17.8 Å². The van der Waals surface area contributed by atoms with Gasteiger partial charge in [-0.25, -0.2) is 4.79 Å². The second-order valence-electron chi connectivity index (χ2n) is 7.03. The number of rotatable bonds is 3. The van der Waals surface area contributed by atoms with E-state index >= 15 is 0 Å². The van der Waals surface area contributed by atoms with Crippen LogP contribution in [0.1, 0.15) is 53.4 Å². The van der Waals surface area contributed by atoms with Crippen LogP contribution in [0.3, 0.4) is 0 Å². The predicted octanol–water partition coefficient (Wildman–Crippen LogP) is 3.89. The van der Waals surface area contributed by atoms with E-state index in [1.165, 1.54) is 18.4 Å². The number of nitrogens with one attached hydrogen (secondary N) is 1. The highest BCUT2D eigenvalue weighted by Crippen LogP contribution is 2.53. The topological polar surface area (TPSA) is 38.3 Å². The van der Waals surface area contributed by atoms with Gasteiger partial charge in [-0.3, -0.25) is 0 Å². The van der Waals surface area contributed by atoms with Gasteiger partial charge < -0.3 is 10.1 Å². The third kappa shape index (κ3) is 3.52. The fourth-order valence-corrected chi connectivity index (χ4v) is 3.29. The summed E-state index contributed by atoms with van der Waals surface area (Å²) in [4.78, 5) is 12.0. The molecule has 0 radical (unpaired) electrons. The Kier molecular flexibility index (Phi) is 3.93. The molecule has 19 heavy (non-hydrogen) atoms. The van der Waals surface area contributed by atoms with E-state index in [0.29, 0.717) is 11.8 Å². The predicted molar refractivity (Wildman–Crippen MR) is 76.9 cm³/mol. The summed E-state index contributed by atoms with van der Waals surface area (Å²) in [6.45, 7) is 12.0. The molecule has 3 nitrogen and oxygen atoms in total. The van der Waals surface area contributed by atoms with Crippen LogP contribution < -0.4 is 5.32 Å². The van der Waals surface area contributed by atoms with Crippen molar-refractivity contribution in [1.82, 2.24) is 5.32 Å². The van der Waals surface area contributed by atoms with E-state index in [2.05, 4.69) is 18.8 Å². The maximum atomic E-state index is 12.0. The number of hydrogen-bond donors (Lipinski definition) is 1. The lowest BCUT2D eigenvalue weighted by Crippen LogP contribution is -2.46. The van der Waals surface area contributed by atoms with Crippen LogP contribution in [-0.2, 0) is 4.74 Å². The van der Waals surface area contributed by atoms with Crippen molar-refractivity contribution in [1.29, 1.82) is 0 Å². The van der Waals surface area contributed by atoms with Crippen molar-refractivity contribution in [2.24, 2.45) is 17.8 Å². The number of alkyl carbamates (subject to hydrolysis) is 1. The van der Waals surface area contributed by atoms with Crippen molar-refractivity contribution < 1.29 is 9.53 Å². The summed E-state index contributed by atoms with van der Waals surface area (Å²) in [5, 5.41) is 3.11. The number of ether oxygens (including phenoxy) is 1. The molecule has 2 saturated carbocycles. The Morgan fingerprint density at radius 2 is 2.05 bits per heavy atom. The summed E-state index contributed by atoms with van der Waals surface area (Å²) < 4.78 is 5.39. The number of hydrogen-bond acceptors (Lipinski definition) is 2. The van der Waals surface area contributed by atoms with Gasteiger partial charge in [0.1, 0.15) is 5.60 Å². The summed E-state index contributed by atoms with van der Waals surface area (Å²) in [6, 6.07) is 0.237. The number of carbonyl (C=O) groups excluding carboxylic acids is 1. The zero-order valence-electron chi connectivity index (χ0n) is 12.7. The van der Waals surface area contributed by atoms with E-state index in [0.717, 1.165) is 18.8 Å². The van der Waals surface area contributed by atoms with E-state index in [-0.39, 0.29) is 12.1 Å². The van der Waals surface area contributed by atoms with Gasteiger partial charge in [0.2, 0.25) is 0 Å². The Morgan fingerprint density at radius 1 is 1.37 bits per heavy atom. The van der Waals surface area contributed by atoms with Gasteiger partial charge in [0.25, 0.3) is 0 Å². The fraction of sp³-hybridized carbons (Fsp3) is 0.812. The molecule has 0 saturated heterocycles. The van der Waals surface area contributed by atoms with Crippen molar-refractivity contribution in [2.45, 2.75) is 65.0 Å². The number of carbonyl (C=O) groups is 1. The Bertz CT molecular complexity index is 369. The molecule has 2 aliphatic carbocycles. The van der Waals surface area contributed by atoms with Crippen LogP contribution in [0.25, 0.3) is 0 Å². The summed E-state index contributed by atoms with van der Waals surface area (Å²) in [7, 11) is 0. The first-order valence-electron chi connectivity index (χ1n) is 7.49. The van der Waals surface area contributed by atoms with Crippen LogP contribution in [-0.4, -0.2) is 17.7 Å². The average molecular weight is 265 g/mol. The third-order valence-electron chi connectivity index (χ3n) is 4.38. The molecule has 0 aromatic carbocycles. The monoisotopic (exact) mass is 265 g/mol. The zero-order chi connectivity index (χ0) is 14.2. The Morgan fingerprint density at radius 3 is 2.63 bits per heavy atom. The molecular weight excluding hydrogens is 238 g/mol. The van der Waals surface area contributed by atoms with Crippen molar-refractivity contribution >= 4 is 6.09 Å². The maximum Gasteiger partial charge on any atom is 0.407 e. The van der Waals surface area contributed by atoms with Gasteiger partial charge in [0.15, 0.2) is 0 Å². The molecule has 0 aliphatic heterocycles. The second-order valence-corrected chi connectivity index (χ2v) is 7.03. The molecule has 0 aromatic rings. The smallest absolute Gasteiger partial charge is 0.407 e.